The molecular formula is C11H14N2O. The third-order valence-electron chi connectivity index (χ3n) is 1.94. The molecule has 1 aromatic rings. The van der Waals surface area contributed by atoms with E-state index in [9.17, 15) is 0 Å². The molecule has 0 aliphatic rings. The largest absolute Gasteiger partial charge is 0.476 e. The molecule has 3 nitrogen and oxygen atoms in total. The second-order valence-electron chi connectivity index (χ2n) is 2.92. The summed E-state index contributed by atoms with van der Waals surface area (Å²) in [7, 11) is 1.86. The maximum atomic E-state index is 8.70. The monoisotopic (exact) mass is 190 g/mol. The molecule has 0 aliphatic heterocycles. The molecular weight excluding hydrogens is 176 g/mol. The number of hydrogen-bond donors (Lipinski definition) is 1. The van der Waals surface area contributed by atoms with Crippen molar-refractivity contribution in [1.29, 1.82) is 5.26 Å². The van der Waals surface area contributed by atoms with Crippen molar-refractivity contribution in [2.45, 2.75) is 19.4 Å². The Morgan fingerprint density at radius 1 is 1.43 bits per heavy atom. The Kier molecular flexibility index (Phi) is 3.81. The molecule has 0 spiro atoms. The van der Waals surface area contributed by atoms with Crippen molar-refractivity contribution in [1.82, 2.24) is 0 Å². The van der Waals surface area contributed by atoms with Gasteiger partial charge in [0.1, 0.15) is 11.8 Å². The highest BCUT2D eigenvalue weighted by Gasteiger charge is 2.04. The van der Waals surface area contributed by atoms with E-state index in [1.165, 1.54) is 0 Å². The van der Waals surface area contributed by atoms with Crippen molar-refractivity contribution in [2.75, 3.05) is 12.4 Å². The van der Waals surface area contributed by atoms with Crippen LogP contribution in [-0.4, -0.2) is 13.2 Å². The van der Waals surface area contributed by atoms with Crippen LogP contribution in [0.2, 0.25) is 0 Å². The van der Waals surface area contributed by atoms with Gasteiger partial charge in [0, 0.05) is 12.7 Å². The average molecular weight is 190 g/mol. The molecule has 1 atom stereocenters. The van der Waals surface area contributed by atoms with Crippen molar-refractivity contribution in [3.63, 3.8) is 0 Å². The first-order chi connectivity index (χ1) is 6.80. The molecule has 0 saturated carbocycles. The Balaban J connectivity index is 2.64. The summed E-state index contributed by atoms with van der Waals surface area (Å²) in [4.78, 5) is 0. The van der Waals surface area contributed by atoms with Crippen molar-refractivity contribution in [3.8, 4) is 11.8 Å². The molecule has 0 bridgehead atoms. The summed E-state index contributed by atoms with van der Waals surface area (Å²) in [5.41, 5.74) is 1.03. The number of nitriles is 1. The third-order valence-corrected chi connectivity index (χ3v) is 1.94. The normalized spacial score (nSPS) is 11.5. The molecule has 1 aromatic carbocycles. The van der Waals surface area contributed by atoms with Crippen LogP contribution in [0, 0.1) is 11.3 Å². The van der Waals surface area contributed by atoms with Crippen LogP contribution in [0.5, 0.6) is 5.75 Å². The maximum absolute atomic E-state index is 8.70. The van der Waals surface area contributed by atoms with Gasteiger partial charge >= 0.3 is 0 Å². The summed E-state index contributed by atoms with van der Waals surface area (Å²) in [6, 6.07) is 9.63. The number of hydrogen-bond acceptors (Lipinski definition) is 3. The smallest absolute Gasteiger partial charge is 0.184 e. The molecule has 0 fully saturated rings. The van der Waals surface area contributed by atoms with E-state index in [2.05, 4.69) is 11.4 Å². The number of benzene rings is 1. The van der Waals surface area contributed by atoms with E-state index in [1.54, 1.807) is 0 Å². The van der Waals surface area contributed by atoms with Gasteiger partial charge in [-0.15, -0.1) is 0 Å². The zero-order valence-electron chi connectivity index (χ0n) is 8.45. The molecule has 0 aliphatic carbocycles. The molecule has 1 N–H and O–H groups in total. The molecule has 1 rings (SSSR count). The van der Waals surface area contributed by atoms with Crippen LogP contribution >= 0.6 is 0 Å². The highest BCUT2D eigenvalue weighted by Crippen LogP contribution is 2.16. The SMILES string of the molecule is CCC(C#N)Oc1ccc(NC)cc1. The lowest BCUT2D eigenvalue weighted by Crippen LogP contribution is -2.11. The van der Waals surface area contributed by atoms with E-state index < -0.39 is 0 Å². The van der Waals surface area contributed by atoms with E-state index in [-0.39, 0.29) is 6.10 Å². The van der Waals surface area contributed by atoms with Crippen LogP contribution < -0.4 is 10.1 Å². The highest BCUT2D eigenvalue weighted by molar-refractivity contribution is 5.45. The van der Waals surface area contributed by atoms with Gasteiger partial charge in [0.15, 0.2) is 6.10 Å². The summed E-state index contributed by atoms with van der Waals surface area (Å²) >= 11 is 0. The van der Waals surface area contributed by atoms with Crippen LogP contribution in [0.1, 0.15) is 13.3 Å². The van der Waals surface area contributed by atoms with Gasteiger partial charge in [-0.05, 0) is 30.7 Å². The lowest BCUT2D eigenvalue weighted by molar-refractivity contribution is 0.252. The fourth-order valence-corrected chi connectivity index (χ4v) is 1.07. The summed E-state index contributed by atoms with van der Waals surface area (Å²) < 4.78 is 5.42. The summed E-state index contributed by atoms with van der Waals surface area (Å²) in [5.74, 6) is 0.734. The Hall–Kier alpha value is -1.69. The van der Waals surface area contributed by atoms with Crippen molar-refractivity contribution >= 4 is 5.69 Å². The second-order valence-corrected chi connectivity index (χ2v) is 2.92. The Morgan fingerprint density at radius 3 is 2.50 bits per heavy atom. The summed E-state index contributed by atoms with van der Waals surface area (Å²) in [6.07, 6.45) is 0.347. The van der Waals surface area contributed by atoms with Crippen LogP contribution in [0.4, 0.5) is 5.69 Å². The fraction of sp³-hybridized carbons (Fsp3) is 0.364. The second kappa shape index (κ2) is 5.13. The Labute approximate surface area is 84.3 Å². The van der Waals surface area contributed by atoms with Gasteiger partial charge < -0.3 is 10.1 Å². The van der Waals surface area contributed by atoms with Crippen LogP contribution in [0.3, 0.4) is 0 Å². The van der Waals surface area contributed by atoms with Crippen molar-refractivity contribution in [2.24, 2.45) is 0 Å². The number of anilines is 1. The van der Waals surface area contributed by atoms with E-state index in [0.29, 0.717) is 6.42 Å². The van der Waals surface area contributed by atoms with Gasteiger partial charge in [-0.25, -0.2) is 0 Å². The van der Waals surface area contributed by atoms with E-state index in [0.717, 1.165) is 11.4 Å². The minimum absolute atomic E-state index is 0.351. The first kappa shape index (κ1) is 10.4. The van der Waals surface area contributed by atoms with Crippen molar-refractivity contribution in [3.05, 3.63) is 24.3 Å². The molecule has 1 unspecified atom stereocenters. The molecule has 0 radical (unpaired) electrons. The molecule has 3 heteroatoms. The Morgan fingerprint density at radius 2 is 2.07 bits per heavy atom. The number of nitrogens with one attached hydrogen (secondary N) is 1. The zero-order chi connectivity index (χ0) is 10.4. The highest BCUT2D eigenvalue weighted by atomic mass is 16.5. The predicted molar refractivity (Wildman–Crippen MR) is 56.3 cm³/mol. The van der Waals surface area contributed by atoms with Crippen molar-refractivity contribution < 1.29 is 4.74 Å². The summed E-state index contributed by atoms with van der Waals surface area (Å²) in [6.45, 7) is 1.93. The van der Waals surface area contributed by atoms with Gasteiger partial charge in [-0.3, -0.25) is 0 Å². The van der Waals surface area contributed by atoms with Gasteiger partial charge in [-0.2, -0.15) is 5.26 Å². The number of rotatable bonds is 4. The molecule has 0 amide bonds. The quantitative estimate of drug-likeness (QED) is 0.793. The predicted octanol–water partition coefficient (Wildman–Crippen LogP) is 2.41. The Bertz CT molecular complexity index is 313. The topological polar surface area (TPSA) is 45.0 Å². The molecule has 0 aromatic heterocycles. The number of nitrogens with zero attached hydrogens (tertiary/aromatic N) is 1. The van der Waals surface area contributed by atoms with E-state index >= 15 is 0 Å². The van der Waals surface area contributed by atoms with Crippen LogP contribution in [0.25, 0.3) is 0 Å². The lowest BCUT2D eigenvalue weighted by atomic mass is 10.3. The minimum atomic E-state index is -0.351. The maximum Gasteiger partial charge on any atom is 0.184 e. The van der Waals surface area contributed by atoms with E-state index in [1.807, 2.05) is 38.2 Å². The molecule has 0 heterocycles. The lowest BCUT2D eigenvalue weighted by Gasteiger charge is -2.10. The number of ether oxygens (including phenoxy) is 1. The first-order valence-corrected chi connectivity index (χ1v) is 4.64. The molecule has 74 valence electrons. The third kappa shape index (κ3) is 2.67. The van der Waals surface area contributed by atoms with Crippen LogP contribution in [-0.2, 0) is 0 Å². The zero-order valence-corrected chi connectivity index (χ0v) is 8.45. The fourth-order valence-electron chi connectivity index (χ4n) is 1.07. The summed E-state index contributed by atoms with van der Waals surface area (Å²) in [5, 5.41) is 11.7. The van der Waals surface area contributed by atoms with Gasteiger partial charge in [0.2, 0.25) is 0 Å². The van der Waals surface area contributed by atoms with Crippen LogP contribution in [0.15, 0.2) is 24.3 Å². The first-order valence-electron chi connectivity index (χ1n) is 4.64. The minimum Gasteiger partial charge on any atom is -0.476 e. The standard InChI is InChI=1S/C11H14N2O/c1-3-10(8-12)14-11-6-4-9(13-2)5-7-11/h4-7,10,13H,3H2,1-2H3. The average Bonchev–Trinajstić information content (AvgIpc) is 2.26. The van der Waals surface area contributed by atoms with Gasteiger partial charge in [0.05, 0.1) is 0 Å². The van der Waals surface area contributed by atoms with E-state index in [4.69, 9.17) is 10.00 Å². The molecule has 14 heavy (non-hydrogen) atoms. The van der Waals surface area contributed by atoms with Gasteiger partial charge in [-0.1, -0.05) is 6.92 Å². The van der Waals surface area contributed by atoms with Gasteiger partial charge in [0.25, 0.3) is 0 Å². The molecule has 0 saturated heterocycles.